The van der Waals surface area contributed by atoms with Crippen LogP contribution in [-0.4, -0.2) is 57.5 Å². The Bertz CT molecular complexity index is 1530. The fourth-order valence-electron chi connectivity index (χ4n) is 6.91. The molecule has 0 amide bonds. The highest BCUT2D eigenvalue weighted by Gasteiger charge is 2.60. The molecule has 0 bridgehead atoms. The van der Waals surface area contributed by atoms with Crippen LogP contribution in [0.5, 0.6) is 5.75 Å². The summed E-state index contributed by atoms with van der Waals surface area (Å²) in [7, 11) is 3.75. The molecule has 41 heavy (non-hydrogen) atoms. The molecule has 8 heteroatoms. The molecule has 0 spiro atoms. The molecule has 1 fully saturated rings. The number of fused-ring (bicyclic) bond motifs is 3. The lowest BCUT2D eigenvalue weighted by molar-refractivity contribution is -0.147. The first kappa shape index (κ1) is 28.6. The number of ketones is 3. The fourth-order valence-corrected chi connectivity index (χ4v) is 6.91. The van der Waals surface area contributed by atoms with E-state index in [4.69, 9.17) is 0 Å². The molecule has 3 atom stereocenters. The van der Waals surface area contributed by atoms with Gasteiger partial charge in [-0.2, -0.15) is 0 Å². The molecule has 2 aromatic carbocycles. The third kappa shape index (κ3) is 4.54. The summed E-state index contributed by atoms with van der Waals surface area (Å²) < 4.78 is 0. The summed E-state index contributed by atoms with van der Waals surface area (Å²) in [4.78, 5) is 40.5. The molecule has 0 aliphatic heterocycles. The summed E-state index contributed by atoms with van der Waals surface area (Å²) in [5.41, 5.74) is 1.60. The van der Waals surface area contributed by atoms with Crippen LogP contribution in [0.1, 0.15) is 60.9 Å². The first-order valence-electron chi connectivity index (χ1n) is 14.2. The van der Waals surface area contributed by atoms with E-state index in [-0.39, 0.29) is 29.7 Å². The molecule has 3 aliphatic carbocycles. The summed E-state index contributed by atoms with van der Waals surface area (Å²) >= 11 is 0. The Labute approximate surface area is 239 Å². The average Bonchev–Trinajstić information content (AvgIpc) is 2.91. The smallest absolute Gasteiger partial charge is 0.202 e. The minimum absolute atomic E-state index is 0.0893. The third-order valence-corrected chi connectivity index (χ3v) is 9.02. The van der Waals surface area contributed by atoms with Gasteiger partial charge < -0.3 is 25.3 Å². The molecular weight excluding hydrogens is 522 g/mol. The van der Waals surface area contributed by atoms with Gasteiger partial charge in [0.25, 0.3) is 0 Å². The molecule has 5 rings (SSSR count). The SMILES string of the molecule is CCc1cccc(CCCc2cc(N(C)C)c3c(c2O)C(O)=C2C(=O)[C@]4(O)C(O)=C(C(C)=O)C(=O)C[C@@H]4C[C@@H]2C3)c1. The van der Waals surface area contributed by atoms with Crippen LogP contribution in [0.15, 0.2) is 47.2 Å². The number of anilines is 1. The second-order valence-electron chi connectivity index (χ2n) is 11.8. The number of aromatic hydroxyl groups is 1. The van der Waals surface area contributed by atoms with E-state index in [1.165, 1.54) is 11.1 Å². The third-order valence-electron chi connectivity index (χ3n) is 9.02. The number of hydrogen-bond donors (Lipinski definition) is 4. The summed E-state index contributed by atoms with van der Waals surface area (Å²) in [6.07, 6.45) is 3.25. The minimum Gasteiger partial charge on any atom is -0.508 e. The first-order chi connectivity index (χ1) is 19.4. The molecule has 0 unspecified atom stereocenters. The zero-order valence-electron chi connectivity index (χ0n) is 24.0. The maximum Gasteiger partial charge on any atom is 0.202 e. The van der Waals surface area contributed by atoms with Crippen LogP contribution in [0, 0.1) is 11.8 Å². The molecule has 216 valence electrons. The van der Waals surface area contributed by atoms with E-state index >= 15 is 0 Å². The number of carbonyl (C=O) groups excluding carboxylic acids is 3. The van der Waals surface area contributed by atoms with Gasteiger partial charge in [0.2, 0.25) is 5.78 Å². The summed E-state index contributed by atoms with van der Waals surface area (Å²) in [6, 6.07) is 10.3. The number of phenolic OH excluding ortho intramolecular Hbond substituents is 1. The quantitative estimate of drug-likeness (QED) is 0.368. The van der Waals surface area contributed by atoms with E-state index in [0.717, 1.165) is 31.9 Å². The fraction of sp³-hybridized carbons (Fsp3) is 0.424. The Hall–Kier alpha value is -3.91. The second-order valence-corrected chi connectivity index (χ2v) is 11.8. The Balaban J connectivity index is 1.56. The predicted molar refractivity (Wildman–Crippen MR) is 155 cm³/mol. The van der Waals surface area contributed by atoms with E-state index in [9.17, 15) is 34.8 Å². The van der Waals surface area contributed by atoms with Gasteiger partial charge in [0, 0.05) is 37.7 Å². The number of aliphatic hydroxyl groups is 3. The lowest BCUT2D eigenvalue weighted by atomic mass is 9.59. The van der Waals surface area contributed by atoms with E-state index in [0.29, 0.717) is 24.0 Å². The topological polar surface area (TPSA) is 135 Å². The lowest BCUT2D eigenvalue weighted by Crippen LogP contribution is -2.57. The number of Topliss-reactive ketones (excluding diaryl/α,β-unsaturated/α-hetero) is 3. The monoisotopic (exact) mass is 559 g/mol. The number of rotatable bonds is 7. The van der Waals surface area contributed by atoms with Crippen molar-refractivity contribution in [1.82, 2.24) is 0 Å². The van der Waals surface area contributed by atoms with Crippen LogP contribution in [0.3, 0.4) is 0 Å². The molecule has 0 aromatic heterocycles. The zero-order chi connectivity index (χ0) is 29.8. The van der Waals surface area contributed by atoms with Gasteiger partial charge in [0.1, 0.15) is 22.8 Å². The standard InChI is InChI=1S/C33H37NO7/c1-5-18-8-6-9-19(12-18)10-7-11-20-15-24(34(3)4)23-14-21-13-22-16-25(36)26(17(2)35)31(39)33(22,41)32(40)27(21)30(38)28(23)29(20)37/h6,8-9,12,15,21-22,37-39,41H,5,7,10-11,13-14,16H2,1-4H3/t21-,22+,33-/m1/s1. The number of nitrogens with zero attached hydrogens (tertiary/aromatic N) is 1. The minimum atomic E-state index is -2.49. The van der Waals surface area contributed by atoms with Gasteiger partial charge in [0.05, 0.1) is 5.56 Å². The van der Waals surface area contributed by atoms with Crippen molar-refractivity contribution in [2.24, 2.45) is 11.8 Å². The number of benzene rings is 2. The van der Waals surface area contributed by atoms with Crippen molar-refractivity contribution in [3.05, 3.63) is 75.1 Å². The van der Waals surface area contributed by atoms with Crippen molar-refractivity contribution in [2.75, 3.05) is 19.0 Å². The van der Waals surface area contributed by atoms with Crippen LogP contribution in [-0.2, 0) is 40.1 Å². The molecular formula is C33H37NO7. The molecule has 3 aliphatic rings. The largest absolute Gasteiger partial charge is 0.508 e. The number of aryl methyl sites for hydroxylation is 3. The van der Waals surface area contributed by atoms with Crippen LogP contribution >= 0.6 is 0 Å². The van der Waals surface area contributed by atoms with Crippen molar-refractivity contribution >= 4 is 28.8 Å². The maximum absolute atomic E-state index is 13.8. The molecule has 1 saturated carbocycles. The zero-order valence-corrected chi connectivity index (χ0v) is 24.0. The normalized spacial score (nSPS) is 23.7. The molecule has 0 radical (unpaired) electrons. The Morgan fingerprint density at radius 1 is 1.05 bits per heavy atom. The van der Waals surface area contributed by atoms with Gasteiger partial charge in [-0.1, -0.05) is 31.2 Å². The number of carbonyl (C=O) groups is 3. The van der Waals surface area contributed by atoms with Gasteiger partial charge in [-0.15, -0.1) is 0 Å². The number of allylic oxidation sites excluding steroid dienone is 1. The Morgan fingerprint density at radius 3 is 2.41 bits per heavy atom. The van der Waals surface area contributed by atoms with Gasteiger partial charge in [0.15, 0.2) is 17.2 Å². The van der Waals surface area contributed by atoms with Crippen molar-refractivity contribution in [3.8, 4) is 5.75 Å². The van der Waals surface area contributed by atoms with Crippen LogP contribution in [0.4, 0.5) is 5.69 Å². The maximum atomic E-state index is 13.8. The van der Waals surface area contributed by atoms with E-state index in [1.54, 1.807) is 0 Å². The van der Waals surface area contributed by atoms with Crippen molar-refractivity contribution in [3.63, 3.8) is 0 Å². The van der Waals surface area contributed by atoms with Crippen molar-refractivity contribution in [1.29, 1.82) is 0 Å². The summed E-state index contributed by atoms with van der Waals surface area (Å²) in [6.45, 7) is 3.21. The second kappa shape index (κ2) is 10.5. The van der Waals surface area contributed by atoms with Gasteiger partial charge in [-0.3, -0.25) is 14.4 Å². The molecule has 2 aromatic rings. The Kier molecular flexibility index (Phi) is 7.32. The summed E-state index contributed by atoms with van der Waals surface area (Å²) in [5.74, 6) is -5.23. The van der Waals surface area contributed by atoms with Crippen LogP contribution < -0.4 is 4.90 Å². The highest BCUT2D eigenvalue weighted by Crippen LogP contribution is 2.53. The number of phenols is 1. The predicted octanol–water partition coefficient (Wildman–Crippen LogP) is 4.33. The van der Waals surface area contributed by atoms with Crippen LogP contribution in [0.25, 0.3) is 5.76 Å². The molecule has 4 N–H and O–H groups in total. The van der Waals surface area contributed by atoms with E-state index < -0.39 is 51.9 Å². The highest BCUT2D eigenvalue weighted by atomic mass is 16.3. The number of hydrogen-bond acceptors (Lipinski definition) is 8. The van der Waals surface area contributed by atoms with E-state index in [2.05, 4.69) is 25.1 Å². The molecule has 8 nitrogen and oxygen atoms in total. The van der Waals surface area contributed by atoms with Gasteiger partial charge in [-0.25, -0.2) is 0 Å². The van der Waals surface area contributed by atoms with Crippen LogP contribution in [0.2, 0.25) is 0 Å². The Morgan fingerprint density at radius 2 is 1.76 bits per heavy atom. The van der Waals surface area contributed by atoms with Crippen molar-refractivity contribution in [2.45, 2.75) is 64.4 Å². The van der Waals surface area contributed by atoms with Crippen molar-refractivity contribution < 1.29 is 34.8 Å². The number of aliphatic hydroxyl groups excluding tert-OH is 2. The van der Waals surface area contributed by atoms with Gasteiger partial charge >= 0.3 is 0 Å². The lowest BCUT2D eigenvalue weighted by Gasteiger charge is -2.46. The molecule has 0 heterocycles. The van der Waals surface area contributed by atoms with Gasteiger partial charge in [-0.05, 0) is 79.7 Å². The summed E-state index contributed by atoms with van der Waals surface area (Å²) in [5, 5.41) is 45.4. The average molecular weight is 560 g/mol. The molecule has 0 saturated heterocycles. The van der Waals surface area contributed by atoms with E-state index in [1.807, 2.05) is 31.1 Å². The first-order valence-corrected chi connectivity index (χ1v) is 14.2. The highest BCUT2D eigenvalue weighted by molar-refractivity contribution is 6.23.